The first-order chi connectivity index (χ1) is 17.2. The summed E-state index contributed by atoms with van der Waals surface area (Å²) in [5, 5.41) is 8.41. The second-order valence-electron chi connectivity index (χ2n) is 8.26. The van der Waals surface area contributed by atoms with Gasteiger partial charge in [0.2, 0.25) is 0 Å². The molecule has 0 unspecified atom stereocenters. The van der Waals surface area contributed by atoms with Crippen LogP contribution < -0.4 is 4.74 Å². The molecule has 0 spiro atoms. The number of aliphatic carboxylic acids is 1. The quantitative estimate of drug-likeness (QED) is 0.186. The number of ether oxygens (including phenoxy) is 6. The molecule has 0 fully saturated rings. The van der Waals surface area contributed by atoms with Crippen LogP contribution in [0.15, 0.2) is 24.3 Å². The molecule has 0 amide bonds. The largest absolute Gasteiger partial charge is 0.491 e. The molecule has 0 heterocycles. The molecule has 1 aromatic carbocycles. The van der Waals surface area contributed by atoms with E-state index >= 15 is 0 Å². The van der Waals surface area contributed by atoms with Crippen LogP contribution in [0.4, 0.5) is 0 Å². The maximum absolute atomic E-state index is 10.3. The minimum Gasteiger partial charge on any atom is -0.491 e. The van der Waals surface area contributed by atoms with Gasteiger partial charge in [0.15, 0.2) is 0 Å². The van der Waals surface area contributed by atoms with Gasteiger partial charge in [-0.3, -0.25) is 0 Å². The Morgan fingerprint density at radius 1 is 0.629 bits per heavy atom. The fourth-order valence-corrected chi connectivity index (χ4v) is 3.30. The second kappa shape index (κ2) is 24.0. The van der Waals surface area contributed by atoms with Crippen molar-refractivity contribution in [3.05, 3.63) is 29.8 Å². The van der Waals surface area contributed by atoms with E-state index in [4.69, 9.17) is 33.5 Å². The van der Waals surface area contributed by atoms with Crippen molar-refractivity contribution in [2.24, 2.45) is 0 Å². The van der Waals surface area contributed by atoms with Crippen molar-refractivity contribution in [3.63, 3.8) is 0 Å². The summed E-state index contributed by atoms with van der Waals surface area (Å²) in [6.07, 6.45) is 10.5. The number of unbranched alkanes of at least 4 members (excludes halogenated alkanes) is 6. The Morgan fingerprint density at radius 3 is 1.60 bits per heavy atom. The molecule has 0 aliphatic heterocycles. The van der Waals surface area contributed by atoms with Gasteiger partial charge in [0.05, 0.1) is 59.5 Å². The first kappa shape index (κ1) is 31.3. The van der Waals surface area contributed by atoms with E-state index in [9.17, 15) is 4.79 Å². The summed E-state index contributed by atoms with van der Waals surface area (Å²) >= 11 is 0. The van der Waals surface area contributed by atoms with Crippen LogP contribution >= 0.6 is 0 Å². The van der Waals surface area contributed by atoms with Gasteiger partial charge >= 0.3 is 5.97 Å². The summed E-state index contributed by atoms with van der Waals surface area (Å²) in [5.74, 6) is -0.108. The Balaban J connectivity index is 1.82. The Hall–Kier alpha value is -1.71. The Bertz CT molecular complexity index is 593. The van der Waals surface area contributed by atoms with Gasteiger partial charge in [-0.15, -0.1) is 0 Å². The van der Waals surface area contributed by atoms with Crippen LogP contribution in [0.1, 0.15) is 57.4 Å². The van der Waals surface area contributed by atoms with Gasteiger partial charge in [-0.2, -0.15) is 0 Å². The highest BCUT2D eigenvalue weighted by molar-refractivity contribution is 5.67. The highest BCUT2D eigenvalue weighted by Crippen LogP contribution is 2.15. The summed E-state index contributed by atoms with van der Waals surface area (Å²) in [4.78, 5) is 10.3. The Morgan fingerprint density at radius 2 is 1.09 bits per heavy atom. The third-order valence-electron chi connectivity index (χ3n) is 5.20. The maximum Gasteiger partial charge on any atom is 0.329 e. The monoisotopic (exact) mass is 498 g/mol. The predicted molar refractivity (Wildman–Crippen MR) is 135 cm³/mol. The van der Waals surface area contributed by atoms with Crippen molar-refractivity contribution in [1.29, 1.82) is 0 Å². The summed E-state index contributed by atoms with van der Waals surface area (Å²) < 4.78 is 32.2. The smallest absolute Gasteiger partial charge is 0.329 e. The molecule has 0 radical (unpaired) electrons. The number of hydrogen-bond donors (Lipinski definition) is 1. The molecule has 0 aromatic heterocycles. The van der Waals surface area contributed by atoms with Crippen molar-refractivity contribution in [3.8, 4) is 5.75 Å². The third-order valence-corrected chi connectivity index (χ3v) is 5.20. The molecule has 1 aromatic rings. The average Bonchev–Trinajstić information content (AvgIpc) is 2.86. The SMILES string of the molecule is CCCCCCCCCc1ccc(OCCOCCOCCOCCOCCOCC(=O)O)cc1. The van der Waals surface area contributed by atoms with E-state index < -0.39 is 5.97 Å². The van der Waals surface area contributed by atoms with E-state index in [-0.39, 0.29) is 13.2 Å². The van der Waals surface area contributed by atoms with Crippen LogP contribution in [-0.2, 0) is 34.9 Å². The molecule has 202 valence electrons. The normalized spacial score (nSPS) is 11.1. The minimum absolute atomic E-state index is 0.256. The van der Waals surface area contributed by atoms with Gasteiger partial charge in [-0.1, -0.05) is 57.6 Å². The lowest BCUT2D eigenvalue weighted by Crippen LogP contribution is -2.15. The second-order valence-corrected chi connectivity index (χ2v) is 8.26. The number of carboxylic acids is 1. The van der Waals surface area contributed by atoms with Gasteiger partial charge in [0.25, 0.3) is 0 Å². The zero-order valence-electron chi connectivity index (χ0n) is 21.5. The van der Waals surface area contributed by atoms with Crippen LogP contribution in [-0.4, -0.2) is 83.8 Å². The highest BCUT2D eigenvalue weighted by Gasteiger charge is 1.99. The molecule has 0 saturated heterocycles. The fourth-order valence-electron chi connectivity index (χ4n) is 3.30. The van der Waals surface area contributed by atoms with Crippen molar-refractivity contribution in [2.45, 2.75) is 58.3 Å². The number of carboxylic acid groups (broad SMARTS) is 1. The predicted octanol–water partition coefficient (Wildman–Crippen LogP) is 4.53. The summed E-state index contributed by atoms with van der Waals surface area (Å²) in [6, 6.07) is 8.40. The van der Waals surface area contributed by atoms with Crippen LogP contribution in [0, 0.1) is 0 Å². The van der Waals surface area contributed by atoms with Gasteiger partial charge < -0.3 is 33.5 Å². The molecular weight excluding hydrogens is 452 g/mol. The molecule has 0 saturated carbocycles. The number of carbonyl (C=O) groups is 1. The molecule has 35 heavy (non-hydrogen) atoms. The molecule has 0 aliphatic carbocycles. The molecule has 0 aliphatic rings. The molecule has 8 heteroatoms. The van der Waals surface area contributed by atoms with E-state index in [1.54, 1.807) is 0 Å². The topological polar surface area (TPSA) is 92.7 Å². The Kier molecular flexibility index (Phi) is 21.5. The number of benzene rings is 1. The van der Waals surface area contributed by atoms with Crippen molar-refractivity contribution in [1.82, 2.24) is 0 Å². The highest BCUT2D eigenvalue weighted by atomic mass is 16.6. The van der Waals surface area contributed by atoms with Crippen LogP contribution in [0.3, 0.4) is 0 Å². The molecule has 8 nitrogen and oxygen atoms in total. The maximum atomic E-state index is 10.3. The molecule has 0 atom stereocenters. The first-order valence-electron chi connectivity index (χ1n) is 13.0. The molecule has 0 bridgehead atoms. The summed E-state index contributed by atoms with van der Waals surface area (Å²) in [6.45, 7) is 6.47. The first-order valence-corrected chi connectivity index (χ1v) is 13.0. The third kappa shape index (κ3) is 21.3. The summed E-state index contributed by atoms with van der Waals surface area (Å²) in [5.41, 5.74) is 1.37. The lowest BCUT2D eigenvalue weighted by molar-refractivity contribution is -0.142. The lowest BCUT2D eigenvalue weighted by Gasteiger charge is -2.09. The number of rotatable bonds is 26. The summed E-state index contributed by atoms with van der Waals surface area (Å²) in [7, 11) is 0. The zero-order chi connectivity index (χ0) is 25.2. The molecular formula is C27H46O8. The van der Waals surface area contributed by atoms with E-state index in [2.05, 4.69) is 19.1 Å². The molecule has 1 rings (SSSR count). The Labute approximate surface area is 211 Å². The average molecular weight is 499 g/mol. The zero-order valence-corrected chi connectivity index (χ0v) is 21.5. The van der Waals surface area contributed by atoms with Gasteiger partial charge in [0.1, 0.15) is 19.0 Å². The number of aryl methyl sites for hydroxylation is 1. The van der Waals surface area contributed by atoms with Gasteiger partial charge in [0, 0.05) is 0 Å². The van der Waals surface area contributed by atoms with Crippen molar-refractivity contribution >= 4 is 5.97 Å². The van der Waals surface area contributed by atoms with Crippen molar-refractivity contribution in [2.75, 3.05) is 72.7 Å². The van der Waals surface area contributed by atoms with Crippen molar-refractivity contribution < 1.29 is 38.3 Å². The van der Waals surface area contributed by atoms with Crippen LogP contribution in [0.2, 0.25) is 0 Å². The lowest BCUT2D eigenvalue weighted by atomic mass is 10.0. The standard InChI is InChI=1S/C27H46O8/c1-2-3-4-5-6-7-8-9-25-10-12-26(13-11-25)35-23-22-33-19-18-31-15-14-30-16-17-32-20-21-34-24-27(28)29/h10-13H,2-9,14-24H2,1H3,(H,28,29). The van der Waals surface area contributed by atoms with Gasteiger partial charge in [-0.25, -0.2) is 4.79 Å². The minimum atomic E-state index is -0.985. The molecule has 1 N–H and O–H groups in total. The van der Waals surface area contributed by atoms with Crippen LogP contribution in [0.25, 0.3) is 0 Å². The van der Waals surface area contributed by atoms with E-state index in [0.29, 0.717) is 59.5 Å². The van der Waals surface area contributed by atoms with Gasteiger partial charge in [-0.05, 0) is 30.5 Å². The van der Waals surface area contributed by atoms with E-state index in [1.807, 2.05) is 12.1 Å². The van der Waals surface area contributed by atoms with E-state index in [0.717, 1.165) is 12.2 Å². The van der Waals surface area contributed by atoms with Crippen LogP contribution in [0.5, 0.6) is 5.75 Å². The fraction of sp³-hybridized carbons (Fsp3) is 0.741. The van der Waals surface area contributed by atoms with E-state index in [1.165, 1.54) is 50.5 Å². The number of hydrogen-bond acceptors (Lipinski definition) is 7.